The van der Waals surface area contributed by atoms with Gasteiger partial charge in [0.2, 0.25) is 10.0 Å². The van der Waals surface area contributed by atoms with E-state index in [1.165, 1.54) is 17.5 Å². The Kier molecular flexibility index (Phi) is 5.46. The number of carbonyl (C=O) groups excluding carboxylic acids is 2. The number of sulfonamides is 1. The fourth-order valence-electron chi connectivity index (χ4n) is 2.90. The molecule has 3 rings (SSSR count). The van der Waals surface area contributed by atoms with Crippen molar-refractivity contribution in [1.29, 1.82) is 0 Å². The molecule has 7 nitrogen and oxygen atoms in total. The molecule has 0 aromatic heterocycles. The van der Waals surface area contributed by atoms with Crippen molar-refractivity contribution < 1.29 is 22.7 Å². The molecule has 2 aromatic rings. The van der Waals surface area contributed by atoms with E-state index in [0.717, 1.165) is 6.42 Å². The van der Waals surface area contributed by atoms with Crippen LogP contribution in [-0.2, 0) is 14.8 Å². The number of esters is 1. The van der Waals surface area contributed by atoms with Gasteiger partial charge in [0.15, 0.2) is 0 Å². The van der Waals surface area contributed by atoms with E-state index in [9.17, 15) is 18.0 Å². The number of carbonyl (C=O) groups is 2. The maximum atomic E-state index is 12.4. The molecule has 1 aliphatic rings. The number of ether oxygens (including phenoxy) is 1. The van der Waals surface area contributed by atoms with Gasteiger partial charge in [0.1, 0.15) is 0 Å². The summed E-state index contributed by atoms with van der Waals surface area (Å²) in [5.41, 5.74) is 1.74. The summed E-state index contributed by atoms with van der Waals surface area (Å²) in [6, 6.07) is 12.8. The second kappa shape index (κ2) is 7.79. The molecule has 1 heterocycles. The summed E-state index contributed by atoms with van der Waals surface area (Å²) in [7, 11) is -2.00. The summed E-state index contributed by atoms with van der Waals surface area (Å²) in [5.74, 6) is -0.700. The van der Waals surface area contributed by atoms with Gasteiger partial charge in [0, 0.05) is 17.8 Å². The normalized spacial score (nSPS) is 15.8. The molecule has 1 N–H and O–H groups in total. The smallest absolute Gasteiger partial charge is 0.337 e. The Morgan fingerprint density at radius 1 is 1.04 bits per heavy atom. The van der Waals surface area contributed by atoms with Crippen molar-refractivity contribution in [2.75, 3.05) is 29.0 Å². The third-order valence-electron chi connectivity index (χ3n) is 4.31. The second-order valence-corrected chi connectivity index (χ2v) is 8.18. The number of anilines is 2. The average molecular weight is 388 g/mol. The first-order valence-electron chi connectivity index (χ1n) is 8.51. The summed E-state index contributed by atoms with van der Waals surface area (Å²) in [6.45, 7) is 0.453. The van der Waals surface area contributed by atoms with E-state index in [0.29, 0.717) is 35.5 Å². The fourth-order valence-corrected chi connectivity index (χ4v) is 4.54. The lowest BCUT2D eigenvalue weighted by molar-refractivity contribution is 0.0600. The van der Waals surface area contributed by atoms with Crippen molar-refractivity contribution >= 4 is 33.3 Å². The maximum Gasteiger partial charge on any atom is 0.337 e. The zero-order valence-electron chi connectivity index (χ0n) is 14.8. The standard InChI is InChI=1S/C19H20N2O5S/c1-26-19(23)15-5-4-6-16(13-15)20-18(22)14-7-9-17(10-8-14)21-11-2-3-12-27(21,24)25/h4-10,13H,2-3,11-12H2,1H3,(H,20,22). The van der Waals surface area contributed by atoms with Crippen molar-refractivity contribution in [2.45, 2.75) is 12.8 Å². The molecule has 2 aromatic carbocycles. The molecule has 8 heteroatoms. The summed E-state index contributed by atoms with van der Waals surface area (Å²) in [5, 5.41) is 2.71. The number of rotatable bonds is 4. The van der Waals surface area contributed by atoms with E-state index in [2.05, 4.69) is 10.1 Å². The number of amides is 1. The van der Waals surface area contributed by atoms with Crippen LogP contribution in [0.2, 0.25) is 0 Å². The molecule has 0 atom stereocenters. The molecule has 1 amide bonds. The topological polar surface area (TPSA) is 92.8 Å². The number of nitrogens with one attached hydrogen (secondary N) is 1. The fraction of sp³-hybridized carbons (Fsp3) is 0.263. The molecule has 0 unspecified atom stereocenters. The van der Waals surface area contributed by atoms with Gasteiger partial charge in [-0.25, -0.2) is 13.2 Å². The maximum absolute atomic E-state index is 12.4. The van der Waals surface area contributed by atoms with Gasteiger partial charge >= 0.3 is 5.97 Å². The van der Waals surface area contributed by atoms with Crippen molar-refractivity contribution in [3.05, 3.63) is 59.7 Å². The summed E-state index contributed by atoms with van der Waals surface area (Å²) >= 11 is 0. The predicted octanol–water partition coefficient (Wildman–Crippen LogP) is 2.66. The Bertz CT molecular complexity index is 954. The van der Waals surface area contributed by atoms with Gasteiger partial charge in [-0.2, -0.15) is 0 Å². The molecular formula is C19H20N2O5S. The van der Waals surface area contributed by atoms with Gasteiger partial charge in [-0.1, -0.05) is 6.07 Å². The number of benzene rings is 2. The van der Waals surface area contributed by atoms with Gasteiger partial charge < -0.3 is 10.1 Å². The summed E-state index contributed by atoms with van der Waals surface area (Å²) in [6.07, 6.45) is 1.49. The first kappa shape index (κ1) is 18.9. The van der Waals surface area contributed by atoms with Crippen LogP contribution in [0.15, 0.2) is 48.5 Å². The molecule has 27 heavy (non-hydrogen) atoms. The lowest BCUT2D eigenvalue weighted by atomic mass is 10.1. The molecule has 0 saturated carbocycles. The Morgan fingerprint density at radius 2 is 1.78 bits per heavy atom. The number of hydrogen-bond donors (Lipinski definition) is 1. The summed E-state index contributed by atoms with van der Waals surface area (Å²) in [4.78, 5) is 24.0. The Labute approximate surface area is 158 Å². The molecule has 0 bridgehead atoms. The molecule has 0 radical (unpaired) electrons. The highest BCUT2D eigenvalue weighted by Gasteiger charge is 2.26. The average Bonchev–Trinajstić information content (AvgIpc) is 2.67. The van der Waals surface area contributed by atoms with Crippen LogP contribution in [0, 0.1) is 0 Å². The lowest BCUT2D eigenvalue weighted by Crippen LogP contribution is -2.37. The van der Waals surface area contributed by atoms with E-state index >= 15 is 0 Å². The van der Waals surface area contributed by atoms with Crippen molar-refractivity contribution in [2.24, 2.45) is 0 Å². The monoisotopic (exact) mass is 388 g/mol. The molecule has 1 aliphatic heterocycles. The minimum atomic E-state index is -3.28. The van der Waals surface area contributed by atoms with Crippen LogP contribution in [0.1, 0.15) is 33.6 Å². The van der Waals surface area contributed by atoms with E-state index in [1.54, 1.807) is 42.5 Å². The Hall–Kier alpha value is -2.87. The van der Waals surface area contributed by atoms with Gasteiger partial charge in [-0.15, -0.1) is 0 Å². The molecular weight excluding hydrogens is 368 g/mol. The summed E-state index contributed by atoms with van der Waals surface area (Å²) < 4.78 is 30.4. The van der Waals surface area contributed by atoms with Crippen LogP contribution < -0.4 is 9.62 Å². The molecule has 142 valence electrons. The largest absolute Gasteiger partial charge is 0.465 e. The van der Waals surface area contributed by atoms with Gasteiger partial charge in [-0.05, 0) is 55.3 Å². The van der Waals surface area contributed by atoms with Crippen LogP contribution in [-0.4, -0.2) is 39.7 Å². The Balaban J connectivity index is 1.74. The first-order chi connectivity index (χ1) is 12.9. The van der Waals surface area contributed by atoms with E-state index in [-0.39, 0.29) is 11.7 Å². The highest BCUT2D eigenvalue weighted by atomic mass is 32.2. The minimum absolute atomic E-state index is 0.145. The van der Waals surface area contributed by atoms with Crippen LogP contribution in [0.5, 0.6) is 0 Å². The van der Waals surface area contributed by atoms with E-state index < -0.39 is 16.0 Å². The van der Waals surface area contributed by atoms with E-state index in [4.69, 9.17) is 0 Å². The molecule has 1 fully saturated rings. The molecule has 0 aliphatic carbocycles. The number of hydrogen-bond acceptors (Lipinski definition) is 5. The van der Waals surface area contributed by atoms with Crippen molar-refractivity contribution in [1.82, 2.24) is 0 Å². The highest BCUT2D eigenvalue weighted by molar-refractivity contribution is 7.92. The van der Waals surface area contributed by atoms with Crippen LogP contribution >= 0.6 is 0 Å². The van der Waals surface area contributed by atoms with Crippen LogP contribution in [0.3, 0.4) is 0 Å². The van der Waals surface area contributed by atoms with Crippen molar-refractivity contribution in [3.63, 3.8) is 0 Å². The Morgan fingerprint density at radius 3 is 2.44 bits per heavy atom. The van der Waals surface area contributed by atoms with Gasteiger partial charge in [-0.3, -0.25) is 9.10 Å². The minimum Gasteiger partial charge on any atom is -0.465 e. The predicted molar refractivity (Wildman–Crippen MR) is 103 cm³/mol. The number of nitrogens with zero attached hydrogens (tertiary/aromatic N) is 1. The van der Waals surface area contributed by atoms with Crippen LogP contribution in [0.25, 0.3) is 0 Å². The van der Waals surface area contributed by atoms with Gasteiger partial charge in [0.05, 0.1) is 24.1 Å². The lowest BCUT2D eigenvalue weighted by Gasteiger charge is -2.28. The SMILES string of the molecule is COC(=O)c1cccc(NC(=O)c2ccc(N3CCCCS3(=O)=O)cc2)c1. The van der Waals surface area contributed by atoms with Gasteiger partial charge in [0.25, 0.3) is 5.91 Å². The van der Waals surface area contributed by atoms with Crippen LogP contribution in [0.4, 0.5) is 11.4 Å². The quantitative estimate of drug-likeness (QED) is 0.813. The number of methoxy groups -OCH3 is 1. The zero-order chi connectivity index (χ0) is 19.4. The third kappa shape index (κ3) is 4.28. The third-order valence-corrected chi connectivity index (χ3v) is 6.18. The zero-order valence-corrected chi connectivity index (χ0v) is 15.7. The molecule has 1 saturated heterocycles. The highest BCUT2D eigenvalue weighted by Crippen LogP contribution is 2.24. The first-order valence-corrected chi connectivity index (χ1v) is 10.1. The second-order valence-electron chi connectivity index (χ2n) is 6.17. The van der Waals surface area contributed by atoms with Crippen molar-refractivity contribution in [3.8, 4) is 0 Å². The molecule has 0 spiro atoms. The van der Waals surface area contributed by atoms with E-state index in [1.807, 2.05) is 0 Å².